The van der Waals surface area contributed by atoms with Crippen LogP contribution in [0.3, 0.4) is 0 Å². The zero-order valence-electron chi connectivity index (χ0n) is 10.6. The van der Waals surface area contributed by atoms with Gasteiger partial charge in [-0.25, -0.2) is 0 Å². The lowest BCUT2D eigenvalue weighted by atomic mass is 9.45. The average Bonchev–Trinajstić information content (AvgIpc) is 2.20. The van der Waals surface area contributed by atoms with E-state index in [4.69, 9.17) is 4.74 Å². The number of carbonyl (C=O) groups is 1. The van der Waals surface area contributed by atoms with E-state index in [1.165, 1.54) is 12.0 Å². The molecule has 0 aliphatic heterocycles. The third kappa shape index (κ3) is 1.68. The molecule has 3 aliphatic carbocycles. The molecule has 2 heteroatoms. The highest BCUT2D eigenvalue weighted by atomic mass is 16.5. The van der Waals surface area contributed by atoms with Crippen LogP contribution in [0.25, 0.3) is 0 Å². The van der Waals surface area contributed by atoms with E-state index in [1.807, 2.05) is 6.92 Å². The maximum absolute atomic E-state index is 11.5. The monoisotopic (exact) mass is 222 g/mol. The summed E-state index contributed by atoms with van der Waals surface area (Å²) in [6.45, 7) is 11.2. The predicted octanol–water partition coefficient (Wildman–Crippen LogP) is 3.18. The van der Waals surface area contributed by atoms with Crippen molar-refractivity contribution in [1.29, 1.82) is 0 Å². The molecule has 90 valence electrons. The second-order valence-electron chi connectivity index (χ2n) is 5.82. The van der Waals surface area contributed by atoms with Gasteiger partial charge in [0.25, 0.3) is 0 Å². The number of carbonyl (C=O) groups excluding carboxylic acids is 1. The van der Waals surface area contributed by atoms with E-state index >= 15 is 0 Å². The van der Waals surface area contributed by atoms with Gasteiger partial charge in [-0.3, -0.25) is 4.79 Å². The van der Waals surface area contributed by atoms with Gasteiger partial charge in [0.05, 0.1) is 13.0 Å². The van der Waals surface area contributed by atoms with Crippen molar-refractivity contribution in [2.45, 2.75) is 40.0 Å². The Kier molecular flexibility index (Phi) is 2.85. The Morgan fingerprint density at radius 2 is 2.19 bits per heavy atom. The molecule has 0 aromatic carbocycles. The number of ether oxygens (including phenoxy) is 1. The molecular formula is C14H22O2. The van der Waals surface area contributed by atoms with Crippen molar-refractivity contribution in [1.82, 2.24) is 0 Å². The first-order valence-electron chi connectivity index (χ1n) is 6.31. The summed E-state index contributed by atoms with van der Waals surface area (Å²) in [5, 5.41) is 0. The van der Waals surface area contributed by atoms with Crippen molar-refractivity contribution < 1.29 is 9.53 Å². The third-order valence-electron chi connectivity index (χ3n) is 4.73. The van der Waals surface area contributed by atoms with Gasteiger partial charge >= 0.3 is 5.97 Å². The third-order valence-corrected chi connectivity index (χ3v) is 4.73. The highest BCUT2D eigenvalue weighted by Crippen LogP contribution is 2.62. The summed E-state index contributed by atoms with van der Waals surface area (Å²) in [7, 11) is 0. The lowest BCUT2D eigenvalue weighted by Crippen LogP contribution is -2.52. The topological polar surface area (TPSA) is 26.3 Å². The Morgan fingerprint density at radius 1 is 1.50 bits per heavy atom. The molecule has 0 N–H and O–H groups in total. The van der Waals surface area contributed by atoms with E-state index in [9.17, 15) is 4.79 Å². The minimum atomic E-state index is -0.0623. The molecule has 0 spiro atoms. The normalized spacial score (nSPS) is 35.4. The van der Waals surface area contributed by atoms with E-state index in [-0.39, 0.29) is 5.97 Å². The predicted molar refractivity (Wildman–Crippen MR) is 63.9 cm³/mol. The lowest BCUT2D eigenvalue weighted by molar-refractivity contribution is -0.145. The van der Waals surface area contributed by atoms with Gasteiger partial charge in [0.1, 0.15) is 0 Å². The number of esters is 1. The van der Waals surface area contributed by atoms with Gasteiger partial charge in [-0.1, -0.05) is 26.0 Å². The molecule has 1 unspecified atom stereocenters. The Hall–Kier alpha value is -0.790. The standard InChI is InChI=1S/C14H22O2/c1-5-16-13(15)7-10-6-11-8-12(9(10)2)14(11,3)4/h10-12H,2,5-8H2,1,3-4H3/t10?,11-,12-/m0/s1. The molecule has 3 atom stereocenters. The molecule has 0 heterocycles. The Bertz CT molecular complexity index is 317. The van der Waals surface area contributed by atoms with Gasteiger partial charge in [-0.05, 0) is 42.9 Å². The maximum Gasteiger partial charge on any atom is 0.306 e. The number of hydrogen-bond donors (Lipinski definition) is 0. The van der Waals surface area contributed by atoms with Crippen molar-refractivity contribution in [2.24, 2.45) is 23.2 Å². The summed E-state index contributed by atoms with van der Waals surface area (Å²) in [5.41, 5.74) is 1.71. The molecule has 3 saturated carbocycles. The van der Waals surface area contributed by atoms with Crippen LogP contribution < -0.4 is 0 Å². The summed E-state index contributed by atoms with van der Waals surface area (Å²) in [5.74, 6) is 1.72. The molecule has 16 heavy (non-hydrogen) atoms. The van der Waals surface area contributed by atoms with Gasteiger partial charge in [-0.15, -0.1) is 0 Å². The molecule has 0 amide bonds. The summed E-state index contributed by atoms with van der Waals surface area (Å²) >= 11 is 0. The number of hydrogen-bond acceptors (Lipinski definition) is 2. The largest absolute Gasteiger partial charge is 0.466 e. The highest BCUT2D eigenvalue weighted by Gasteiger charge is 2.54. The van der Waals surface area contributed by atoms with Gasteiger partial charge in [-0.2, -0.15) is 0 Å². The van der Waals surface area contributed by atoms with Gasteiger partial charge in [0.15, 0.2) is 0 Å². The van der Waals surface area contributed by atoms with Gasteiger partial charge in [0.2, 0.25) is 0 Å². The first-order valence-corrected chi connectivity index (χ1v) is 6.31. The molecular weight excluding hydrogens is 200 g/mol. The van der Waals surface area contributed by atoms with Crippen molar-refractivity contribution in [2.75, 3.05) is 6.61 Å². The van der Waals surface area contributed by atoms with E-state index in [0.29, 0.717) is 30.3 Å². The summed E-state index contributed by atoms with van der Waals surface area (Å²) in [6, 6.07) is 0. The smallest absolute Gasteiger partial charge is 0.306 e. The first-order chi connectivity index (χ1) is 7.46. The second-order valence-corrected chi connectivity index (χ2v) is 5.82. The summed E-state index contributed by atoms with van der Waals surface area (Å²) in [4.78, 5) is 11.5. The average molecular weight is 222 g/mol. The van der Waals surface area contributed by atoms with E-state index in [1.54, 1.807) is 0 Å². The van der Waals surface area contributed by atoms with Crippen LogP contribution in [0, 0.1) is 23.2 Å². The molecule has 3 fully saturated rings. The highest BCUT2D eigenvalue weighted by molar-refractivity contribution is 5.70. The van der Waals surface area contributed by atoms with Crippen LogP contribution in [0.1, 0.15) is 40.0 Å². The SMILES string of the molecule is C=C1C(CC(=O)OCC)C[C@H]2C[C@@H]1C2(C)C. The van der Waals surface area contributed by atoms with Crippen molar-refractivity contribution in [3.63, 3.8) is 0 Å². The Balaban J connectivity index is 1.96. The fraction of sp³-hybridized carbons (Fsp3) is 0.786. The van der Waals surface area contributed by atoms with Crippen LogP contribution in [-0.2, 0) is 9.53 Å². The molecule has 2 bridgehead atoms. The van der Waals surface area contributed by atoms with Crippen LogP contribution in [0.2, 0.25) is 0 Å². The van der Waals surface area contributed by atoms with Crippen LogP contribution >= 0.6 is 0 Å². The second kappa shape index (κ2) is 3.90. The minimum absolute atomic E-state index is 0.0623. The van der Waals surface area contributed by atoms with Crippen LogP contribution in [0.15, 0.2) is 12.2 Å². The zero-order valence-corrected chi connectivity index (χ0v) is 10.6. The summed E-state index contributed by atoms with van der Waals surface area (Å²) < 4.78 is 5.01. The molecule has 0 aromatic heterocycles. The van der Waals surface area contributed by atoms with Crippen LogP contribution in [0.4, 0.5) is 0 Å². The number of allylic oxidation sites excluding steroid dienone is 1. The maximum atomic E-state index is 11.5. The molecule has 0 aromatic rings. The fourth-order valence-corrected chi connectivity index (χ4v) is 3.46. The molecule has 0 radical (unpaired) electrons. The Morgan fingerprint density at radius 3 is 2.69 bits per heavy atom. The lowest BCUT2D eigenvalue weighted by Gasteiger charge is -2.60. The van der Waals surface area contributed by atoms with E-state index < -0.39 is 0 Å². The molecule has 3 aliphatic rings. The van der Waals surface area contributed by atoms with Crippen molar-refractivity contribution >= 4 is 5.97 Å². The van der Waals surface area contributed by atoms with Crippen molar-refractivity contribution in [3.8, 4) is 0 Å². The van der Waals surface area contributed by atoms with Crippen LogP contribution in [0.5, 0.6) is 0 Å². The number of rotatable bonds is 3. The molecule has 2 nitrogen and oxygen atoms in total. The van der Waals surface area contributed by atoms with E-state index in [2.05, 4.69) is 20.4 Å². The molecule has 0 saturated heterocycles. The van der Waals surface area contributed by atoms with E-state index in [0.717, 1.165) is 12.3 Å². The Labute approximate surface area is 98.1 Å². The molecule has 3 rings (SSSR count). The van der Waals surface area contributed by atoms with Crippen molar-refractivity contribution in [3.05, 3.63) is 12.2 Å². The fourth-order valence-electron chi connectivity index (χ4n) is 3.46. The van der Waals surface area contributed by atoms with Gasteiger partial charge in [0, 0.05) is 0 Å². The minimum Gasteiger partial charge on any atom is -0.466 e. The van der Waals surface area contributed by atoms with Crippen LogP contribution in [-0.4, -0.2) is 12.6 Å². The first kappa shape index (κ1) is 11.7. The number of fused-ring (bicyclic) bond motifs is 2. The summed E-state index contributed by atoms with van der Waals surface area (Å²) in [6.07, 6.45) is 2.95. The zero-order chi connectivity index (χ0) is 11.9. The van der Waals surface area contributed by atoms with Gasteiger partial charge < -0.3 is 4.74 Å². The quantitative estimate of drug-likeness (QED) is 0.541.